The zero-order valence-corrected chi connectivity index (χ0v) is 10.1. The highest BCUT2D eigenvalue weighted by atomic mass is 32.2. The third kappa shape index (κ3) is 2.71. The zero-order valence-electron chi connectivity index (χ0n) is 9.28. The zero-order chi connectivity index (χ0) is 10.9. The molecule has 0 aromatic heterocycles. The minimum absolute atomic E-state index is 0.0946. The maximum Gasteiger partial charge on any atom is 0.154 e. The van der Waals surface area contributed by atoms with Gasteiger partial charge in [-0.15, -0.1) is 0 Å². The number of rotatable bonds is 2. The lowest BCUT2D eigenvalue weighted by Crippen LogP contribution is -2.51. The Kier molecular flexibility index (Phi) is 3.33. The predicted molar refractivity (Wildman–Crippen MR) is 60.7 cm³/mol. The van der Waals surface area contributed by atoms with Crippen LogP contribution >= 0.6 is 0 Å². The Morgan fingerprint density at radius 1 is 1.47 bits per heavy atom. The molecule has 4 nitrogen and oxygen atoms in total. The lowest BCUT2D eigenvalue weighted by atomic mass is 10.2. The number of piperazine rings is 1. The lowest BCUT2D eigenvalue weighted by molar-refractivity contribution is 0.206. The standard InChI is InChI=1S/C10H20N2O2S/c1-9-7-12(5-4-11-9)8-10-3-2-6-15(10,13)14/h9-11H,2-8H2,1H3. The molecule has 0 amide bonds. The Balaban J connectivity index is 1.91. The highest BCUT2D eigenvalue weighted by molar-refractivity contribution is 7.92. The Labute approximate surface area is 91.9 Å². The summed E-state index contributed by atoms with van der Waals surface area (Å²) in [4.78, 5) is 2.29. The van der Waals surface area contributed by atoms with Crippen molar-refractivity contribution in [2.24, 2.45) is 0 Å². The molecule has 15 heavy (non-hydrogen) atoms. The van der Waals surface area contributed by atoms with E-state index in [1.54, 1.807) is 0 Å². The average molecular weight is 232 g/mol. The van der Waals surface area contributed by atoms with E-state index < -0.39 is 9.84 Å². The lowest BCUT2D eigenvalue weighted by Gasteiger charge is -2.33. The van der Waals surface area contributed by atoms with Gasteiger partial charge in [0.05, 0.1) is 11.0 Å². The van der Waals surface area contributed by atoms with Gasteiger partial charge in [-0.3, -0.25) is 4.90 Å². The molecular formula is C10H20N2O2S. The van der Waals surface area contributed by atoms with E-state index in [1.807, 2.05) is 0 Å². The quantitative estimate of drug-likeness (QED) is 0.720. The Morgan fingerprint density at radius 3 is 2.87 bits per heavy atom. The van der Waals surface area contributed by atoms with Crippen LogP contribution in [0.25, 0.3) is 0 Å². The van der Waals surface area contributed by atoms with Crippen molar-refractivity contribution in [1.29, 1.82) is 0 Å². The first-order valence-corrected chi connectivity index (χ1v) is 7.47. The molecule has 2 unspecified atom stereocenters. The summed E-state index contributed by atoms with van der Waals surface area (Å²) >= 11 is 0. The van der Waals surface area contributed by atoms with Crippen LogP contribution in [0, 0.1) is 0 Å². The molecule has 88 valence electrons. The van der Waals surface area contributed by atoms with Crippen molar-refractivity contribution in [1.82, 2.24) is 10.2 Å². The van der Waals surface area contributed by atoms with Gasteiger partial charge >= 0.3 is 0 Å². The van der Waals surface area contributed by atoms with E-state index in [1.165, 1.54) is 0 Å². The van der Waals surface area contributed by atoms with Crippen molar-refractivity contribution in [3.8, 4) is 0 Å². The Hall–Kier alpha value is -0.130. The van der Waals surface area contributed by atoms with Gasteiger partial charge in [-0.25, -0.2) is 8.42 Å². The largest absolute Gasteiger partial charge is 0.312 e. The minimum atomic E-state index is -2.77. The summed E-state index contributed by atoms with van der Waals surface area (Å²) in [5.74, 6) is 0.402. The van der Waals surface area contributed by atoms with Gasteiger partial charge in [-0.05, 0) is 19.8 Å². The molecule has 2 fully saturated rings. The molecule has 0 bridgehead atoms. The molecule has 5 heteroatoms. The van der Waals surface area contributed by atoms with Gasteiger partial charge in [-0.1, -0.05) is 0 Å². The van der Waals surface area contributed by atoms with Crippen molar-refractivity contribution < 1.29 is 8.42 Å². The van der Waals surface area contributed by atoms with Crippen LogP contribution in [-0.4, -0.2) is 56.5 Å². The highest BCUT2D eigenvalue weighted by Crippen LogP contribution is 2.21. The first-order chi connectivity index (χ1) is 7.08. The fourth-order valence-electron chi connectivity index (χ4n) is 2.53. The molecule has 0 aromatic rings. The summed E-state index contributed by atoms with van der Waals surface area (Å²) in [5, 5.41) is 3.27. The van der Waals surface area contributed by atoms with Gasteiger partial charge in [0.2, 0.25) is 0 Å². The van der Waals surface area contributed by atoms with Crippen LogP contribution in [0.15, 0.2) is 0 Å². The molecule has 2 aliphatic heterocycles. The van der Waals surface area contributed by atoms with Crippen LogP contribution in [-0.2, 0) is 9.84 Å². The normalized spacial score (nSPS) is 36.9. The van der Waals surface area contributed by atoms with Gasteiger partial charge in [0, 0.05) is 32.2 Å². The maximum atomic E-state index is 11.7. The highest BCUT2D eigenvalue weighted by Gasteiger charge is 2.33. The van der Waals surface area contributed by atoms with Crippen LogP contribution in [0.4, 0.5) is 0 Å². The van der Waals surface area contributed by atoms with Gasteiger partial charge < -0.3 is 5.32 Å². The van der Waals surface area contributed by atoms with E-state index in [4.69, 9.17) is 0 Å². The Morgan fingerprint density at radius 2 is 2.27 bits per heavy atom. The fourth-order valence-corrected chi connectivity index (χ4v) is 4.40. The van der Waals surface area contributed by atoms with Crippen molar-refractivity contribution >= 4 is 9.84 Å². The van der Waals surface area contributed by atoms with Gasteiger partial charge in [-0.2, -0.15) is 0 Å². The molecule has 2 aliphatic rings. The molecule has 2 rings (SSSR count). The summed E-state index contributed by atoms with van der Waals surface area (Å²) in [7, 11) is -2.77. The molecule has 0 saturated carbocycles. The molecule has 2 atom stereocenters. The van der Waals surface area contributed by atoms with Gasteiger partial charge in [0.25, 0.3) is 0 Å². The summed E-state index contributed by atoms with van der Waals surface area (Å²) in [6.07, 6.45) is 1.72. The fraction of sp³-hybridized carbons (Fsp3) is 1.00. The smallest absolute Gasteiger partial charge is 0.154 e. The van der Waals surface area contributed by atoms with Crippen molar-refractivity contribution in [3.05, 3.63) is 0 Å². The van der Waals surface area contributed by atoms with Crippen LogP contribution < -0.4 is 5.32 Å². The topological polar surface area (TPSA) is 49.4 Å². The summed E-state index contributed by atoms with van der Waals surface area (Å²) in [5.41, 5.74) is 0. The number of hydrogen-bond donors (Lipinski definition) is 1. The number of nitrogens with zero attached hydrogens (tertiary/aromatic N) is 1. The average Bonchev–Trinajstić information content (AvgIpc) is 2.46. The van der Waals surface area contributed by atoms with E-state index >= 15 is 0 Å². The third-order valence-corrected chi connectivity index (χ3v) is 5.64. The maximum absolute atomic E-state index is 11.7. The van der Waals surface area contributed by atoms with Crippen molar-refractivity contribution in [2.75, 3.05) is 31.9 Å². The second-order valence-electron chi connectivity index (χ2n) is 4.75. The molecule has 2 saturated heterocycles. The number of sulfone groups is 1. The Bertz CT molecular complexity index is 315. The molecule has 1 N–H and O–H groups in total. The van der Waals surface area contributed by atoms with Crippen LogP contribution in [0.5, 0.6) is 0 Å². The van der Waals surface area contributed by atoms with Crippen molar-refractivity contribution in [2.45, 2.75) is 31.1 Å². The molecular weight excluding hydrogens is 212 g/mol. The van der Waals surface area contributed by atoms with Crippen LogP contribution in [0.2, 0.25) is 0 Å². The summed E-state index contributed by atoms with van der Waals surface area (Å²) in [6.45, 7) is 5.83. The van der Waals surface area contributed by atoms with Crippen LogP contribution in [0.3, 0.4) is 0 Å². The second-order valence-corrected chi connectivity index (χ2v) is 7.15. The number of hydrogen-bond acceptors (Lipinski definition) is 4. The second kappa shape index (κ2) is 4.39. The van der Waals surface area contributed by atoms with Crippen molar-refractivity contribution in [3.63, 3.8) is 0 Å². The van der Waals surface area contributed by atoms with E-state index in [0.29, 0.717) is 11.8 Å². The van der Waals surface area contributed by atoms with Gasteiger partial charge in [0.1, 0.15) is 0 Å². The molecule has 0 spiro atoms. The SMILES string of the molecule is CC1CN(CC2CCCS2(=O)=O)CCN1. The molecule has 0 aromatic carbocycles. The van der Waals surface area contributed by atoms with E-state index in [-0.39, 0.29) is 5.25 Å². The molecule has 0 radical (unpaired) electrons. The summed E-state index contributed by atoms with van der Waals surface area (Å²) < 4.78 is 23.3. The van der Waals surface area contributed by atoms with E-state index in [2.05, 4.69) is 17.1 Å². The molecule has 2 heterocycles. The monoisotopic (exact) mass is 232 g/mol. The van der Waals surface area contributed by atoms with Crippen LogP contribution in [0.1, 0.15) is 19.8 Å². The van der Waals surface area contributed by atoms with E-state index in [9.17, 15) is 8.42 Å². The van der Waals surface area contributed by atoms with Gasteiger partial charge in [0.15, 0.2) is 9.84 Å². The first kappa shape index (κ1) is 11.4. The third-order valence-electron chi connectivity index (χ3n) is 3.38. The van der Waals surface area contributed by atoms with E-state index in [0.717, 1.165) is 39.0 Å². The number of nitrogens with one attached hydrogen (secondary N) is 1. The molecule has 0 aliphatic carbocycles. The predicted octanol–water partition coefficient (Wildman–Crippen LogP) is -0.143. The summed E-state index contributed by atoms with van der Waals surface area (Å²) in [6, 6.07) is 0.489. The first-order valence-electron chi connectivity index (χ1n) is 5.75. The minimum Gasteiger partial charge on any atom is -0.312 e.